The van der Waals surface area contributed by atoms with Gasteiger partial charge >= 0.3 is 5.97 Å². The molecule has 1 N–H and O–H groups in total. The van der Waals surface area contributed by atoms with Crippen molar-refractivity contribution in [2.75, 3.05) is 39.6 Å². The molecule has 0 fully saturated rings. The molecule has 1 unspecified atom stereocenters. The van der Waals surface area contributed by atoms with Gasteiger partial charge in [0.25, 0.3) is 6.29 Å². The molecule has 0 bridgehead atoms. The lowest BCUT2D eigenvalue weighted by Gasteiger charge is -2.14. The van der Waals surface area contributed by atoms with E-state index in [2.05, 4.69) is 6.92 Å². The maximum Gasteiger partial charge on any atom is 0.361 e. The quantitative estimate of drug-likeness (QED) is 0.328. The van der Waals surface area contributed by atoms with E-state index in [1.807, 2.05) is 6.92 Å². The molecule has 0 aliphatic rings. The fourth-order valence-corrected chi connectivity index (χ4v) is 1.84. The molecule has 0 aliphatic heterocycles. The van der Waals surface area contributed by atoms with Crippen LogP contribution in [0.15, 0.2) is 0 Å². The topological polar surface area (TPSA) is 74.2 Å². The van der Waals surface area contributed by atoms with Crippen molar-refractivity contribution in [3.8, 4) is 0 Å². The van der Waals surface area contributed by atoms with Gasteiger partial charge in [-0.15, -0.1) is 0 Å². The minimum atomic E-state index is -1.20. The number of aliphatic carboxylic acids is 1. The van der Waals surface area contributed by atoms with Crippen LogP contribution in [-0.4, -0.2) is 57.0 Å². The highest BCUT2D eigenvalue weighted by Crippen LogP contribution is 2.06. The van der Waals surface area contributed by atoms with Crippen LogP contribution in [-0.2, 0) is 23.7 Å². The Morgan fingerprint density at radius 2 is 1.41 bits per heavy atom. The Morgan fingerprint density at radius 3 is 2.09 bits per heavy atom. The molecule has 0 saturated heterocycles. The van der Waals surface area contributed by atoms with Crippen LogP contribution in [0.5, 0.6) is 0 Å². The highest BCUT2D eigenvalue weighted by molar-refractivity contribution is 5.70. The van der Waals surface area contributed by atoms with Crippen molar-refractivity contribution in [2.24, 2.45) is 0 Å². The molecule has 0 rings (SSSR count). The number of ether oxygens (including phenoxy) is 4. The second kappa shape index (κ2) is 16.7. The molecule has 1 atom stereocenters. The van der Waals surface area contributed by atoms with E-state index in [4.69, 9.17) is 24.1 Å². The van der Waals surface area contributed by atoms with Crippen LogP contribution in [0.3, 0.4) is 0 Å². The number of carboxylic acid groups (broad SMARTS) is 1. The molecule has 0 saturated carbocycles. The normalized spacial score (nSPS) is 12.5. The molecule has 6 heteroatoms. The van der Waals surface area contributed by atoms with Crippen LogP contribution in [0.4, 0.5) is 0 Å². The number of carbonyl (C=O) groups is 1. The summed E-state index contributed by atoms with van der Waals surface area (Å²) in [6.45, 7) is 6.71. The third kappa shape index (κ3) is 14.3. The van der Waals surface area contributed by atoms with E-state index in [-0.39, 0.29) is 6.61 Å². The number of hydrogen-bond acceptors (Lipinski definition) is 5. The molecule has 0 aromatic heterocycles. The first kappa shape index (κ1) is 21.3. The minimum Gasteiger partial charge on any atom is -0.477 e. The molecule has 0 radical (unpaired) electrons. The lowest BCUT2D eigenvalue weighted by molar-refractivity contribution is -0.192. The molecular formula is C16H32O6. The molecule has 0 aromatic rings. The van der Waals surface area contributed by atoms with Gasteiger partial charge in [0.05, 0.1) is 33.0 Å². The monoisotopic (exact) mass is 320 g/mol. The number of rotatable bonds is 17. The van der Waals surface area contributed by atoms with Gasteiger partial charge in [-0.1, -0.05) is 39.0 Å². The van der Waals surface area contributed by atoms with Gasteiger partial charge in [-0.25, -0.2) is 4.79 Å². The van der Waals surface area contributed by atoms with Crippen molar-refractivity contribution >= 4 is 5.97 Å². The fraction of sp³-hybridized carbons (Fsp3) is 0.938. The van der Waals surface area contributed by atoms with Crippen LogP contribution in [0.25, 0.3) is 0 Å². The van der Waals surface area contributed by atoms with E-state index in [0.717, 1.165) is 12.8 Å². The molecule has 132 valence electrons. The maximum absolute atomic E-state index is 11.0. The molecule has 0 aromatic carbocycles. The number of carboxylic acids is 1. The third-order valence-corrected chi connectivity index (χ3v) is 3.04. The van der Waals surface area contributed by atoms with Gasteiger partial charge in [0.1, 0.15) is 0 Å². The van der Waals surface area contributed by atoms with Crippen molar-refractivity contribution in [2.45, 2.75) is 58.7 Å². The Hall–Kier alpha value is -0.690. The largest absolute Gasteiger partial charge is 0.477 e. The predicted molar refractivity (Wildman–Crippen MR) is 84.0 cm³/mol. The van der Waals surface area contributed by atoms with Gasteiger partial charge in [0.2, 0.25) is 0 Å². The first-order valence-corrected chi connectivity index (χ1v) is 8.33. The average Bonchev–Trinajstić information content (AvgIpc) is 2.50. The summed E-state index contributed by atoms with van der Waals surface area (Å²) in [5, 5.41) is 9.01. The lowest BCUT2D eigenvalue weighted by atomic mass is 10.1. The van der Waals surface area contributed by atoms with E-state index < -0.39 is 12.3 Å². The van der Waals surface area contributed by atoms with E-state index in [1.54, 1.807) is 0 Å². The molecule has 6 nitrogen and oxygen atoms in total. The fourth-order valence-electron chi connectivity index (χ4n) is 1.84. The Balaban J connectivity index is 3.51. The SMILES string of the molecule is CCCCCCCCOC(OCCOCCOCC)C(=O)O. The first-order valence-electron chi connectivity index (χ1n) is 8.33. The zero-order valence-electron chi connectivity index (χ0n) is 14.1. The number of unbranched alkanes of at least 4 members (excludes halogenated alkanes) is 5. The summed E-state index contributed by atoms with van der Waals surface area (Å²) >= 11 is 0. The van der Waals surface area contributed by atoms with E-state index in [0.29, 0.717) is 33.0 Å². The van der Waals surface area contributed by atoms with Crippen molar-refractivity contribution in [3.63, 3.8) is 0 Å². The van der Waals surface area contributed by atoms with E-state index in [1.165, 1.54) is 25.7 Å². The summed E-state index contributed by atoms with van der Waals surface area (Å²) in [6, 6.07) is 0. The van der Waals surface area contributed by atoms with Gasteiger partial charge < -0.3 is 24.1 Å². The molecule has 0 heterocycles. The molecule has 22 heavy (non-hydrogen) atoms. The van der Waals surface area contributed by atoms with Gasteiger partial charge in [0.15, 0.2) is 0 Å². The van der Waals surface area contributed by atoms with Crippen molar-refractivity contribution in [1.29, 1.82) is 0 Å². The van der Waals surface area contributed by atoms with Gasteiger partial charge in [-0.2, -0.15) is 0 Å². The second-order valence-electron chi connectivity index (χ2n) is 4.99. The van der Waals surface area contributed by atoms with Gasteiger partial charge in [0, 0.05) is 6.61 Å². The van der Waals surface area contributed by atoms with Crippen LogP contribution in [0.1, 0.15) is 52.4 Å². The highest BCUT2D eigenvalue weighted by atomic mass is 16.7. The second-order valence-corrected chi connectivity index (χ2v) is 4.99. The van der Waals surface area contributed by atoms with Crippen molar-refractivity contribution in [1.82, 2.24) is 0 Å². The van der Waals surface area contributed by atoms with E-state index >= 15 is 0 Å². The summed E-state index contributed by atoms with van der Waals surface area (Å²) < 4.78 is 20.8. The van der Waals surface area contributed by atoms with Crippen LogP contribution >= 0.6 is 0 Å². The smallest absolute Gasteiger partial charge is 0.361 e. The Labute approximate surface area is 134 Å². The summed E-state index contributed by atoms with van der Waals surface area (Å²) in [5.74, 6) is -1.10. The van der Waals surface area contributed by atoms with Crippen LogP contribution in [0, 0.1) is 0 Å². The highest BCUT2D eigenvalue weighted by Gasteiger charge is 2.18. The average molecular weight is 320 g/mol. The zero-order chi connectivity index (χ0) is 16.5. The lowest BCUT2D eigenvalue weighted by Crippen LogP contribution is -2.29. The molecular weight excluding hydrogens is 288 g/mol. The molecule has 0 spiro atoms. The standard InChI is InChI=1S/C16H32O6/c1-3-5-6-7-8-9-10-21-16(15(17)18)22-14-13-20-12-11-19-4-2/h16H,3-14H2,1-2H3,(H,17,18). The summed E-state index contributed by atoms with van der Waals surface area (Å²) in [6.07, 6.45) is 5.60. The Morgan fingerprint density at radius 1 is 0.818 bits per heavy atom. The Bertz CT molecular complexity index is 229. The minimum absolute atomic E-state index is 0.194. The summed E-state index contributed by atoms with van der Waals surface area (Å²) in [5.41, 5.74) is 0. The van der Waals surface area contributed by atoms with Crippen LogP contribution < -0.4 is 0 Å². The maximum atomic E-state index is 11.0. The third-order valence-electron chi connectivity index (χ3n) is 3.04. The number of hydrogen-bond donors (Lipinski definition) is 1. The van der Waals surface area contributed by atoms with Crippen LogP contribution in [0.2, 0.25) is 0 Å². The molecule has 0 aliphatic carbocycles. The van der Waals surface area contributed by atoms with Crippen molar-refractivity contribution < 1.29 is 28.8 Å². The zero-order valence-corrected chi connectivity index (χ0v) is 14.1. The Kier molecular flexibility index (Phi) is 16.2. The van der Waals surface area contributed by atoms with Gasteiger partial charge in [-0.05, 0) is 13.3 Å². The predicted octanol–water partition coefficient (Wildman–Crippen LogP) is 2.84. The molecule has 0 amide bonds. The first-order chi connectivity index (χ1) is 10.7. The van der Waals surface area contributed by atoms with Crippen molar-refractivity contribution in [3.05, 3.63) is 0 Å². The van der Waals surface area contributed by atoms with E-state index in [9.17, 15) is 4.79 Å². The van der Waals surface area contributed by atoms with Gasteiger partial charge in [-0.3, -0.25) is 0 Å². The summed E-state index contributed by atoms with van der Waals surface area (Å²) in [7, 11) is 0. The summed E-state index contributed by atoms with van der Waals surface area (Å²) in [4.78, 5) is 11.0.